The first-order valence-corrected chi connectivity index (χ1v) is 9.06. The molecule has 0 aliphatic rings. The normalized spacial score (nSPS) is 10.5. The van der Waals surface area contributed by atoms with Gasteiger partial charge in [0.15, 0.2) is 0 Å². The van der Waals surface area contributed by atoms with Gasteiger partial charge in [-0.3, -0.25) is 4.79 Å². The van der Waals surface area contributed by atoms with E-state index in [4.69, 9.17) is 4.74 Å². The number of methoxy groups -OCH3 is 1. The van der Waals surface area contributed by atoms with Gasteiger partial charge in [-0.1, -0.05) is 31.9 Å². The van der Waals surface area contributed by atoms with Gasteiger partial charge in [0.05, 0.1) is 24.6 Å². The van der Waals surface area contributed by atoms with E-state index in [9.17, 15) is 4.79 Å². The molecule has 2 aromatic carbocycles. The minimum absolute atomic E-state index is 0.189. The Morgan fingerprint density at radius 2 is 1.88 bits per heavy atom. The van der Waals surface area contributed by atoms with Gasteiger partial charge in [0.1, 0.15) is 5.75 Å². The van der Waals surface area contributed by atoms with E-state index in [1.807, 2.05) is 42.5 Å². The number of nitrogens with one attached hydrogen (secondary N) is 1. The molecular weight excluding hydrogens is 450 g/mol. The molecule has 5 nitrogen and oxygen atoms in total. The molecule has 7 heteroatoms. The molecule has 0 unspecified atom stereocenters. The highest BCUT2D eigenvalue weighted by Crippen LogP contribution is 2.23. The first-order chi connectivity index (χ1) is 12.1. The van der Waals surface area contributed by atoms with Gasteiger partial charge in [-0.05, 0) is 42.5 Å². The van der Waals surface area contributed by atoms with Crippen molar-refractivity contribution in [2.24, 2.45) is 0 Å². The van der Waals surface area contributed by atoms with Gasteiger partial charge in [-0.15, -0.1) is 0 Å². The molecule has 1 heterocycles. The van der Waals surface area contributed by atoms with Crippen molar-refractivity contribution < 1.29 is 9.53 Å². The lowest BCUT2D eigenvalue weighted by molar-refractivity contribution is 0.0950. The Labute approximate surface area is 162 Å². The number of amides is 1. The van der Waals surface area contributed by atoms with Crippen molar-refractivity contribution in [1.82, 2.24) is 15.1 Å². The molecule has 128 valence electrons. The summed E-state index contributed by atoms with van der Waals surface area (Å²) in [5.41, 5.74) is 2.28. The Bertz CT molecular complexity index is 892. The quantitative estimate of drug-likeness (QED) is 0.611. The molecular formula is C18H15Br2N3O2. The van der Waals surface area contributed by atoms with E-state index in [-0.39, 0.29) is 5.91 Å². The average molecular weight is 465 g/mol. The van der Waals surface area contributed by atoms with Crippen LogP contribution in [0.1, 0.15) is 15.9 Å². The average Bonchev–Trinajstić information content (AvgIpc) is 3.10. The molecule has 0 aliphatic heterocycles. The van der Waals surface area contributed by atoms with E-state index in [0.717, 1.165) is 25.9 Å². The van der Waals surface area contributed by atoms with Crippen LogP contribution < -0.4 is 10.1 Å². The van der Waals surface area contributed by atoms with Crippen molar-refractivity contribution in [3.63, 3.8) is 0 Å². The van der Waals surface area contributed by atoms with Gasteiger partial charge >= 0.3 is 0 Å². The largest absolute Gasteiger partial charge is 0.496 e. The Kier molecular flexibility index (Phi) is 5.55. The van der Waals surface area contributed by atoms with E-state index >= 15 is 0 Å². The summed E-state index contributed by atoms with van der Waals surface area (Å²) in [7, 11) is 1.61. The maximum Gasteiger partial charge on any atom is 0.254 e. The van der Waals surface area contributed by atoms with E-state index in [1.54, 1.807) is 24.2 Å². The van der Waals surface area contributed by atoms with Gasteiger partial charge in [0.2, 0.25) is 0 Å². The van der Waals surface area contributed by atoms with Gasteiger partial charge < -0.3 is 10.1 Å². The van der Waals surface area contributed by atoms with Crippen molar-refractivity contribution in [2.75, 3.05) is 7.11 Å². The predicted octanol–water partition coefficient (Wildman–Crippen LogP) is 4.34. The fourth-order valence-corrected chi connectivity index (χ4v) is 3.01. The summed E-state index contributed by atoms with van der Waals surface area (Å²) in [6, 6.07) is 13.4. The summed E-state index contributed by atoms with van der Waals surface area (Å²) in [4.78, 5) is 12.4. The number of rotatable bonds is 5. The fourth-order valence-electron chi connectivity index (χ4n) is 2.34. The van der Waals surface area contributed by atoms with E-state index in [1.165, 1.54) is 0 Å². The molecule has 0 spiro atoms. The summed E-state index contributed by atoms with van der Waals surface area (Å²) in [5.74, 6) is 0.541. The summed E-state index contributed by atoms with van der Waals surface area (Å²) in [5, 5.41) is 7.14. The SMILES string of the molecule is COc1ccc(Br)cc1CNC(=O)c1cnn(-c2ccc(Br)cc2)c1. The van der Waals surface area contributed by atoms with Crippen LogP contribution in [-0.4, -0.2) is 22.8 Å². The number of benzene rings is 2. The zero-order chi connectivity index (χ0) is 17.8. The monoisotopic (exact) mass is 463 g/mol. The third-order valence-electron chi connectivity index (χ3n) is 3.62. The molecule has 3 rings (SSSR count). The molecule has 0 radical (unpaired) electrons. The number of hydrogen-bond acceptors (Lipinski definition) is 3. The molecule has 0 saturated carbocycles. The second kappa shape index (κ2) is 7.84. The van der Waals surface area contributed by atoms with Crippen LogP contribution >= 0.6 is 31.9 Å². The summed E-state index contributed by atoms with van der Waals surface area (Å²) in [6.45, 7) is 0.366. The molecule has 0 fully saturated rings. The van der Waals surface area contributed by atoms with Crippen LogP contribution in [0, 0.1) is 0 Å². The van der Waals surface area contributed by atoms with Crippen LogP contribution in [0.4, 0.5) is 0 Å². The van der Waals surface area contributed by atoms with Crippen molar-refractivity contribution in [3.8, 4) is 11.4 Å². The number of halogens is 2. The third kappa shape index (κ3) is 4.29. The molecule has 1 amide bonds. The van der Waals surface area contributed by atoms with Crippen LogP contribution in [0.15, 0.2) is 63.8 Å². The van der Waals surface area contributed by atoms with Crippen molar-refractivity contribution in [2.45, 2.75) is 6.54 Å². The van der Waals surface area contributed by atoms with Gasteiger partial charge in [-0.25, -0.2) is 4.68 Å². The number of carbonyl (C=O) groups is 1. The minimum Gasteiger partial charge on any atom is -0.496 e. The standard InChI is InChI=1S/C18H15Br2N3O2/c1-25-17-7-4-15(20)8-12(17)9-21-18(24)13-10-22-23(11-13)16-5-2-14(19)3-6-16/h2-8,10-11H,9H2,1H3,(H,21,24). The second-order valence-electron chi connectivity index (χ2n) is 5.29. The number of hydrogen-bond donors (Lipinski definition) is 1. The van der Waals surface area contributed by atoms with Gasteiger partial charge in [0, 0.05) is 27.3 Å². The molecule has 0 bridgehead atoms. The highest BCUT2D eigenvalue weighted by Gasteiger charge is 2.11. The first kappa shape index (κ1) is 17.7. The van der Waals surface area contributed by atoms with Crippen LogP contribution in [0.5, 0.6) is 5.75 Å². The maximum absolute atomic E-state index is 12.4. The predicted molar refractivity (Wildman–Crippen MR) is 103 cm³/mol. The molecule has 25 heavy (non-hydrogen) atoms. The Morgan fingerprint density at radius 3 is 2.60 bits per heavy atom. The number of nitrogens with zero attached hydrogens (tertiary/aromatic N) is 2. The zero-order valence-corrected chi connectivity index (χ0v) is 16.5. The van der Waals surface area contributed by atoms with Crippen molar-refractivity contribution in [1.29, 1.82) is 0 Å². The van der Waals surface area contributed by atoms with Crippen molar-refractivity contribution >= 4 is 37.8 Å². The Morgan fingerprint density at radius 1 is 1.16 bits per heavy atom. The highest BCUT2D eigenvalue weighted by atomic mass is 79.9. The summed E-state index contributed by atoms with van der Waals surface area (Å²) < 4.78 is 8.91. The molecule has 1 N–H and O–H groups in total. The molecule has 0 saturated heterocycles. The lowest BCUT2D eigenvalue weighted by atomic mass is 10.2. The molecule has 3 aromatic rings. The van der Waals surface area contributed by atoms with E-state index in [2.05, 4.69) is 42.3 Å². The Balaban J connectivity index is 1.70. The molecule has 0 atom stereocenters. The lowest BCUT2D eigenvalue weighted by Gasteiger charge is -2.09. The smallest absolute Gasteiger partial charge is 0.254 e. The summed E-state index contributed by atoms with van der Waals surface area (Å²) in [6.07, 6.45) is 3.26. The van der Waals surface area contributed by atoms with Gasteiger partial charge in [0.25, 0.3) is 5.91 Å². The number of aromatic nitrogens is 2. The van der Waals surface area contributed by atoms with E-state index in [0.29, 0.717) is 12.1 Å². The third-order valence-corrected chi connectivity index (χ3v) is 4.64. The van der Waals surface area contributed by atoms with Crippen LogP contribution in [0.3, 0.4) is 0 Å². The molecule has 0 aliphatic carbocycles. The first-order valence-electron chi connectivity index (χ1n) is 7.48. The fraction of sp³-hybridized carbons (Fsp3) is 0.111. The lowest BCUT2D eigenvalue weighted by Crippen LogP contribution is -2.22. The van der Waals surface area contributed by atoms with Crippen LogP contribution in [0.2, 0.25) is 0 Å². The van der Waals surface area contributed by atoms with Crippen LogP contribution in [-0.2, 0) is 6.54 Å². The van der Waals surface area contributed by atoms with Crippen molar-refractivity contribution in [3.05, 3.63) is 74.9 Å². The zero-order valence-electron chi connectivity index (χ0n) is 13.4. The van der Waals surface area contributed by atoms with Crippen LogP contribution in [0.25, 0.3) is 5.69 Å². The maximum atomic E-state index is 12.4. The number of ether oxygens (including phenoxy) is 1. The Hall–Kier alpha value is -2.12. The topological polar surface area (TPSA) is 56.1 Å². The summed E-state index contributed by atoms with van der Waals surface area (Å²) >= 11 is 6.83. The number of carbonyl (C=O) groups excluding carboxylic acids is 1. The molecule has 1 aromatic heterocycles. The highest BCUT2D eigenvalue weighted by molar-refractivity contribution is 9.10. The second-order valence-corrected chi connectivity index (χ2v) is 7.12. The van der Waals surface area contributed by atoms with Gasteiger partial charge in [-0.2, -0.15) is 5.10 Å². The van der Waals surface area contributed by atoms with E-state index < -0.39 is 0 Å². The minimum atomic E-state index is -0.189.